The monoisotopic (exact) mass is 359 g/mol. The number of phenolic OH excluding ortho intramolecular Hbond substituents is 1. The molecular weight excluding hydrogens is 334 g/mol. The highest BCUT2D eigenvalue weighted by molar-refractivity contribution is 5.60. The van der Waals surface area contributed by atoms with Crippen LogP contribution in [0.15, 0.2) is 24.3 Å². The van der Waals surface area contributed by atoms with Gasteiger partial charge in [0.25, 0.3) is 0 Å². The van der Waals surface area contributed by atoms with Crippen LogP contribution in [-0.4, -0.2) is 40.1 Å². The predicted octanol–water partition coefficient (Wildman–Crippen LogP) is 2.86. The van der Waals surface area contributed by atoms with Crippen LogP contribution < -0.4 is 24.3 Å². The van der Waals surface area contributed by atoms with E-state index in [9.17, 15) is 5.11 Å². The minimum absolute atomic E-state index is 0.0309. The minimum atomic E-state index is -0.0309. The average Bonchev–Trinajstić information content (AvgIpc) is 2.67. The Bertz CT molecular complexity index is 790. The highest BCUT2D eigenvalue weighted by Gasteiger charge is 2.28. The quantitative estimate of drug-likeness (QED) is 0.827. The van der Waals surface area contributed by atoms with Crippen molar-refractivity contribution < 1.29 is 24.1 Å². The molecular formula is C20H25NO5. The molecule has 1 atom stereocenters. The molecule has 2 N–H and O–H groups in total. The molecule has 3 rings (SSSR count). The molecule has 0 saturated carbocycles. The number of fused-ring (bicyclic) bond motifs is 1. The fourth-order valence-corrected chi connectivity index (χ4v) is 3.54. The molecule has 2 aromatic carbocycles. The topological polar surface area (TPSA) is 69.2 Å². The van der Waals surface area contributed by atoms with Crippen LogP contribution >= 0.6 is 0 Å². The van der Waals surface area contributed by atoms with Crippen LogP contribution in [0.25, 0.3) is 0 Å². The van der Waals surface area contributed by atoms with E-state index >= 15 is 0 Å². The molecule has 0 aromatic heterocycles. The number of rotatable bonds is 6. The second-order valence-corrected chi connectivity index (χ2v) is 6.18. The van der Waals surface area contributed by atoms with Crippen molar-refractivity contribution in [1.29, 1.82) is 0 Å². The van der Waals surface area contributed by atoms with Crippen LogP contribution in [-0.2, 0) is 12.8 Å². The number of hydrogen-bond donors (Lipinski definition) is 2. The standard InChI is InChI=1S/C20H25NO5/c1-23-15-6-5-12(10-16(15)24-2)9-14-18-13(7-8-21-14)11-17(25-3)20(26-4)19(18)22/h5-6,10-11,14,21-22H,7-9H2,1-4H3. The minimum Gasteiger partial charge on any atom is -0.504 e. The Morgan fingerprint density at radius 3 is 2.35 bits per heavy atom. The van der Waals surface area contributed by atoms with Crippen LogP contribution in [0.4, 0.5) is 0 Å². The van der Waals surface area contributed by atoms with Gasteiger partial charge >= 0.3 is 0 Å². The van der Waals surface area contributed by atoms with Crippen molar-refractivity contribution in [1.82, 2.24) is 5.32 Å². The third-order valence-corrected chi connectivity index (χ3v) is 4.79. The van der Waals surface area contributed by atoms with Crippen molar-refractivity contribution in [3.63, 3.8) is 0 Å². The maximum absolute atomic E-state index is 10.8. The van der Waals surface area contributed by atoms with E-state index in [4.69, 9.17) is 18.9 Å². The van der Waals surface area contributed by atoms with Gasteiger partial charge in [-0.05, 0) is 48.7 Å². The maximum atomic E-state index is 10.8. The van der Waals surface area contributed by atoms with Crippen molar-refractivity contribution in [2.45, 2.75) is 18.9 Å². The van der Waals surface area contributed by atoms with Crippen molar-refractivity contribution in [3.05, 3.63) is 41.0 Å². The number of nitrogens with one attached hydrogen (secondary N) is 1. The SMILES string of the molecule is COc1ccc(CC2NCCc3cc(OC)c(OC)c(O)c32)cc1OC. The lowest BCUT2D eigenvalue weighted by Gasteiger charge is -2.29. The van der Waals surface area contributed by atoms with Crippen LogP contribution in [0.2, 0.25) is 0 Å². The molecule has 6 nitrogen and oxygen atoms in total. The molecule has 1 heterocycles. The summed E-state index contributed by atoms with van der Waals surface area (Å²) in [5.74, 6) is 2.45. The van der Waals surface area contributed by atoms with Gasteiger partial charge in [0.2, 0.25) is 5.75 Å². The number of aromatic hydroxyl groups is 1. The normalized spacial score (nSPS) is 15.9. The first-order valence-electron chi connectivity index (χ1n) is 8.53. The van der Waals surface area contributed by atoms with Gasteiger partial charge in [0, 0.05) is 11.6 Å². The molecule has 26 heavy (non-hydrogen) atoms. The second kappa shape index (κ2) is 7.74. The highest BCUT2D eigenvalue weighted by Crippen LogP contribution is 2.45. The molecule has 0 aliphatic carbocycles. The first-order chi connectivity index (χ1) is 12.6. The Hall–Kier alpha value is -2.60. The third-order valence-electron chi connectivity index (χ3n) is 4.79. The van der Waals surface area contributed by atoms with Crippen molar-refractivity contribution in [2.24, 2.45) is 0 Å². The Balaban J connectivity index is 1.97. The zero-order chi connectivity index (χ0) is 18.7. The van der Waals surface area contributed by atoms with Gasteiger partial charge < -0.3 is 29.4 Å². The van der Waals surface area contributed by atoms with Crippen LogP contribution in [0.1, 0.15) is 22.7 Å². The zero-order valence-electron chi connectivity index (χ0n) is 15.6. The van der Waals surface area contributed by atoms with E-state index < -0.39 is 0 Å². The summed E-state index contributed by atoms with van der Waals surface area (Å²) in [6, 6.07) is 7.79. The number of benzene rings is 2. The second-order valence-electron chi connectivity index (χ2n) is 6.18. The molecule has 0 bridgehead atoms. The maximum Gasteiger partial charge on any atom is 0.203 e. The highest BCUT2D eigenvalue weighted by atomic mass is 16.5. The molecule has 2 aromatic rings. The molecule has 1 aliphatic rings. The molecule has 1 unspecified atom stereocenters. The summed E-state index contributed by atoms with van der Waals surface area (Å²) < 4.78 is 21.4. The van der Waals surface area contributed by atoms with E-state index in [-0.39, 0.29) is 11.8 Å². The van der Waals surface area contributed by atoms with E-state index in [2.05, 4.69) is 5.32 Å². The van der Waals surface area contributed by atoms with E-state index in [1.54, 1.807) is 21.3 Å². The van der Waals surface area contributed by atoms with Crippen LogP contribution in [0, 0.1) is 0 Å². The van der Waals surface area contributed by atoms with E-state index in [0.29, 0.717) is 29.4 Å². The lowest BCUT2D eigenvalue weighted by atomic mass is 9.89. The number of phenols is 1. The Kier molecular flexibility index (Phi) is 5.42. The number of hydrogen-bond acceptors (Lipinski definition) is 6. The lowest BCUT2D eigenvalue weighted by molar-refractivity contribution is 0.325. The Morgan fingerprint density at radius 2 is 1.69 bits per heavy atom. The van der Waals surface area contributed by atoms with Crippen LogP contribution in [0.3, 0.4) is 0 Å². The molecule has 0 spiro atoms. The van der Waals surface area contributed by atoms with Gasteiger partial charge in [-0.25, -0.2) is 0 Å². The summed E-state index contributed by atoms with van der Waals surface area (Å²) in [7, 11) is 6.35. The smallest absolute Gasteiger partial charge is 0.203 e. The Labute approximate surface area is 153 Å². The summed E-state index contributed by atoms with van der Waals surface area (Å²) in [6.07, 6.45) is 1.53. The summed E-state index contributed by atoms with van der Waals surface area (Å²) in [6.45, 7) is 0.833. The summed E-state index contributed by atoms with van der Waals surface area (Å²) in [4.78, 5) is 0. The van der Waals surface area contributed by atoms with E-state index in [1.165, 1.54) is 7.11 Å². The van der Waals surface area contributed by atoms with Gasteiger partial charge in [-0.15, -0.1) is 0 Å². The van der Waals surface area contributed by atoms with Gasteiger partial charge in [-0.2, -0.15) is 0 Å². The van der Waals surface area contributed by atoms with Crippen molar-refractivity contribution >= 4 is 0 Å². The molecule has 0 radical (unpaired) electrons. The summed E-state index contributed by atoms with van der Waals surface area (Å²) in [5, 5.41) is 14.3. The Morgan fingerprint density at radius 1 is 0.962 bits per heavy atom. The van der Waals surface area contributed by atoms with E-state index in [0.717, 1.165) is 29.7 Å². The predicted molar refractivity (Wildman–Crippen MR) is 98.9 cm³/mol. The molecule has 0 fully saturated rings. The molecule has 1 aliphatic heterocycles. The average molecular weight is 359 g/mol. The third kappa shape index (κ3) is 3.24. The largest absolute Gasteiger partial charge is 0.504 e. The summed E-state index contributed by atoms with van der Waals surface area (Å²) in [5.41, 5.74) is 3.02. The fraction of sp³-hybridized carbons (Fsp3) is 0.400. The molecule has 0 saturated heterocycles. The fourth-order valence-electron chi connectivity index (χ4n) is 3.54. The number of methoxy groups -OCH3 is 4. The van der Waals surface area contributed by atoms with Gasteiger partial charge in [0.15, 0.2) is 23.0 Å². The van der Waals surface area contributed by atoms with Crippen molar-refractivity contribution in [3.8, 4) is 28.7 Å². The zero-order valence-corrected chi connectivity index (χ0v) is 15.6. The van der Waals surface area contributed by atoms with Gasteiger partial charge in [-0.1, -0.05) is 6.07 Å². The number of ether oxygens (including phenoxy) is 4. The lowest BCUT2D eigenvalue weighted by Crippen LogP contribution is -2.31. The molecule has 0 amide bonds. The molecule has 140 valence electrons. The van der Waals surface area contributed by atoms with Crippen molar-refractivity contribution in [2.75, 3.05) is 35.0 Å². The van der Waals surface area contributed by atoms with E-state index in [1.807, 2.05) is 24.3 Å². The van der Waals surface area contributed by atoms with Gasteiger partial charge in [0.1, 0.15) is 0 Å². The first kappa shape index (κ1) is 18.2. The van der Waals surface area contributed by atoms with Crippen LogP contribution in [0.5, 0.6) is 28.7 Å². The van der Waals surface area contributed by atoms with Gasteiger partial charge in [0.05, 0.1) is 28.4 Å². The van der Waals surface area contributed by atoms with Gasteiger partial charge in [-0.3, -0.25) is 0 Å². The summed E-state index contributed by atoms with van der Waals surface area (Å²) >= 11 is 0. The first-order valence-corrected chi connectivity index (χ1v) is 8.53. The molecule has 6 heteroatoms.